The monoisotopic (exact) mass is 669 g/mol. The number of carboxylic acid groups (broad SMARTS) is 1. The van der Waals surface area contributed by atoms with Gasteiger partial charge in [-0.15, -0.1) is 11.3 Å². The highest BCUT2D eigenvalue weighted by molar-refractivity contribution is 7.89. The van der Waals surface area contributed by atoms with Crippen LogP contribution in [0, 0.1) is 24.1 Å². The second kappa shape index (κ2) is 12.1. The zero-order valence-electron chi connectivity index (χ0n) is 25.1. The van der Waals surface area contributed by atoms with E-state index in [2.05, 4.69) is 10.3 Å². The van der Waals surface area contributed by atoms with Crippen molar-refractivity contribution in [3.05, 3.63) is 63.0 Å². The molecule has 11 nitrogen and oxygen atoms in total. The molecule has 3 unspecified atom stereocenters. The van der Waals surface area contributed by atoms with Crippen LogP contribution in [0.25, 0.3) is 0 Å². The highest BCUT2D eigenvalue weighted by Crippen LogP contribution is 2.44. The first-order chi connectivity index (χ1) is 21.1. The van der Waals surface area contributed by atoms with Gasteiger partial charge in [-0.3, -0.25) is 14.7 Å². The number of halogens is 3. The Morgan fingerprint density at radius 2 is 2.00 bits per heavy atom. The van der Waals surface area contributed by atoms with Gasteiger partial charge in [-0.05, 0) is 44.9 Å². The van der Waals surface area contributed by atoms with E-state index in [9.17, 15) is 27.5 Å². The van der Waals surface area contributed by atoms with Crippen molar-refractivity contribution in [1.82, 2.24) is 19.5 Å². The van der Waals surface area contributed by atoms with Crippen LogP contribution in [0.2, 0.25) is 0 Å². The lowest BCUT2D eigenvalue weighted by Crippen LogP contribution is -2.45. The van der Waals surface area contributed by atoms with Gasteiger partial charge in [0, 0.05) is 43.0 Å². The molecule has 244 valence electrons. The minimum atomic E-state index is -4.21. The smallest absolute Gasteiger partial charge is 0.338 e. The molecule has 0 amide bonds. The van der Waals surface area contributed by atoms with E-state index in [1.807, 2.05) is 0 Å². The van der Waals surface area contributed by atoms with E-state index in [0.717, 1.165) is 4.31 Å². The standard InChI is InChI=1S/C29H34F3N5O6S2/c1-5-43-26(38)22-20(34-24(25-33-9-10-44-25)35-23(22)17-7-6-8-19(30)16(17)2)12-36-14-29(31,32)18-11-37(13-21(18)36)45(41,42)15-28(3,4)27(39)40/h6-10,18,21,23H,5,11-15H2,1-4H3,(H,34,35)(H,39,40). The van der Waals surface area contributed by atoms with Crippen molar-refractivity contribution in [2.45, 2.75) is 45.7 Å². The Morgan fingerprint density at radius 3 is 2.64 bits per heavy atom. The number of nitrogens with zero attached hydrogens (tertiary/aromatic N) is 4. The van der Waals surface area contributed by atoms with Crippen LogP contribution in [0.3, 0.4) is 0 Å². The Balaban J connectivity index is 1.54. The van der Waals surface area contributed by atoms with Crippen LogP contribution in [-0.4, -0.2) is 96.0 Å². The number of benzene rings is 1. The highest BCUT2D eigenvalue weighted by Gasteiger charge is 2.60. The molecule has 45 heavy (non-hydrogen) atoms. The number of carbonyl (C=O) groups is 2. The van der Waals surface area contributed by atoms with Gasteiger partial charge >= 0.3 is 11.9 Å². The van der Waals surface area contributed by atoms with Crippen molar-refractivity contribution in [3.63, 3.8) is 0 Å². The number of thiazole rings is 1. The van der Waals surface area contributed by atoms with Gasteiger partial charge in [0.15, 0.2) is 10.8 Å². The van der Waals surface area contributed by atoms with Gasteiger partial charge in [-0.1, -0.05) is 12.1 Å². The van der Waals surface area contributed by atoms with E-state index in [0.29, 0.717) is 10.6 Å². The summed E-state index contributed by atoms with van der Waals surface area (Å²) in [6, 6.07) is 2.42. The third kappa shape index (κ3) is 6.37. The number of aliphatic imine (C=N–C) groups is 1. The maximum absolute atomic E-state index is 15.5. The van der Waals surface area contributed by atoms with Crippen molar-refractivity contribution in [2.75, 3.05) is 38.5 Å². The molecule has 0 spiro atoms. The zero-order valence-corrected chi connectivity index (χ0v) is 26.7. The summed E-state index contributed by atoms with van der Waals surface area (Å²) in [5.41, 5.74) is -0.772. The number of likely N-dealkylation sites (tertiary alicyclic amines) is 1. The van der Waals surface area contributed by atoms with Crippen molar-refractivity contribution in [3.8, 4) is 0 Å². The molecule has 3 aliphatic rings. The first-order valence-electron chi connectivity index (χ1n) is 14.3. The molecule has 5 rings (SSSR count). The molecule has 2 aromatic rings. The van der Waals surface area contributed by atoms with Crippen molar-refractivity contribution in [2.24, 2.45) is 16.3 Å². The van der Waals surface area contributed by atoms with Crippen LogP contribution in [0.4, 0.5) is 13.2 Å². The number of rotatable bonds is 10. The summed E-state index contributed by atoms with van der Waals surface area (Å²) in [6.45, 7) is 4.03. The maximum atomic E-state index is 15.5. The van der Waals surface area contributed by atoms with Crippen molar-refractivity contribution < 1.29 is 41.0 Å². The summed E-state index contributed by atoms with van der Waals surface area (Å²) in [4.78, 5) is 35.5. The fourth-order valence-electron chi connectivity index (χ4n) is 6.02. The van der Waals surface area contributed by atoms with Crippen LogP contribution >= 0.6 is 11.3 Å². The first-order valence-corrected chi connectivity index (χ1v) is 16.8. The number of aromatic nitrogens is 1. The Bertz CT molecular complexity index is 1660. The van der Waals surface area contributed by atoms with E-state index >= 15 is 8.78 Å². The van der Waals surface area contributed by atoms with E-state index in [1.165, 1.54) is 42.2 Å². The van der Waals surface area contributed by atoms with Crippen molar-refractivity contribution >= 4 is 39.1 Å². The Hall–Kier alpha value is -3.34. The van der Waals surface area contributed by atoms with Gasteiger partial charge in [-0.2, -0.15) is 4.31 Å². The molecule has 0 aliphatic carbocycles. The number of alkyl halides is 2. The largest absolute Gasteiger partial charge is 0.481 e. The maximum Gasteiger partial charge on any atom is 0.338 e. The van der Waals surface area contributed by atoms with Gasteiger partial charge in [0.1, 0.15) is 11.9 Å². The number of hydrogen-bond donors (Lipinski definition) is 2. The molecule has 0 bridgehead atoms. The second-order valence-corrected chi connectivity index (χ2v) is 14.9. The molecular weight excluding hydrogens is 635 g/mol. The minimum Gasteiger partial charge on any atom is -0.481 e. The van der Waals surface area contributed by atoms with E-state index < -0.39 is 76.0 Å². The lowest BCUT2D eigenvalue weighted by molar-refractivity contribution is -0.145. The lowest BCUT2D eigenvalue weighted by atomic mass is 9.92. The van der Waals surface area contributed by atoms with E-state index in [4.69, 9.17) is 9.73 Å². The van der Waals surface area contributed by atoms with Crippen LogP contribution in [0.1, 0.15) is 42.9 Å². The molecule has 2 N–H and O–H groups in total. The molecule has 1 aromatic heterocycles. The number of hydrogen-bond acceptors (Lipinski definition) is 10. The average molecular weight is 670 g/mol. The number of esters is 1. The third-order valence-electron chi connectivity index (χ3n) is 8.42. The first kappa shape index (κ1) is 33.0. The summed E-state index contributed by atoms with van der Waals surface area (Å²) < 4.78 is 78.4. The predicted molar refractivity (Wildman–Crippen MR) is 160 cm³/mol. The van der Waals surface area contributed by atoms with Gasteiger partial charge < -0.3 is 15.2 Å². The molecule has 16 heteroatoms. The summed E-state index contributed by atoms with van der Waals surface area (Å²) in [5.74, 6) is -7.71. The Labute approximate surface area is 262 Å². The molecule has 3 aliphatic heterocycles. The van der Waals surface area contributed by atoms with Crippen LogP contribution < -0.4 is 5.32 Å². The quantitative estimate of drug-likeness (QED) is 0.365. The fraction of sp³-hybridized carbons (Fsp3) is 0.517. The van der Waals surface area contributed by atoms with Crippen LogP contribution in [0.15, 0.2) is 46.0 Å². The number of nitrogens with one attached hydrogen (secondary N) is 1. The second-order valence-electron chi connectivity index (χ2n) is 12.0. The van der Waals surface area contributed by atoms with E-state index in [-0.39, 0.29) is 42.4 Å². The summed E-state index contributed by atoms with van der Waals surface area (Å²) in [6.07, 6.45) is 1.56. The fourth-order valence-corrected chi connectivity index (χ4v) is 8.59. The number of fused-ring (bicyclic) bond motifs is 1. The Kier molecular flexibility index (Phi) is 8.89. The normalized spacial score (nSPS) is 23.9. The van der Waals surface area contributed by atoms with Crippen LogP contribution in [-0.2, 0) is 24.3 Å². The number of carboxylic acids is 1. The number of ether oxygens (including phenoxy) is 1. The number of amidine groups is 1. The molecule has 3 atom stereocenters. The summed E-state index contributed by atoms with van der Waals surface area (Å²) in [7, 11) is -4.21. The molecule has 0 radical (unpaired) electrons. The van der Waals surface area contributed by atoms with Gasteiger partial charge in [0.25, 0.3) is 5.92 Å². The molecule has 4 heterocycles. The van der Waals surface area contributed by atoms with Gasteiger partial charge in [0.05, 0.1) is 35.8 Å². The molecule has 1 aromatic carbocycles. The third-order valence-corrected chi connectivity index (χ3v) is 11.4. The topological polar surface area (TPSA) is 142 Å². The highest BCUT2D eigenvalue weighted by atomic mass is 32.2. The van der Waals surface area contributed by atoms with Crippen LogP contribution in [0.5, 0.6) is 0 Å². The van der Waals surface area contributed by atoms with Crippen molar-refractivity contribution in [1.29, 1.82) is 0 Å². The van der Waals surface area contributed by atoms with Gasteiger partial charge in [-0.25, -0.2) is 31.4 Å². The molecular formula is C29H34F3N5O6S2. The number of sulfonamides is 1. The number of carbonyl (C=O) groups excluding carboxylic acids is 1. The summed E-state index contributed by atoms with van der Waals surface area (Å²) in [5, 5.41) is 14.7. The predicted octanol–water partition coefficient (Wildman–Crippen LogP) is 3.19. The zero-order chi connectivity index (χ0) is 32.9. The molecule has 2 saturated heterocycles. The van der Waals surface area contributed by atoms with E-state index in [1.54, 1.807) is 31.5 Å². The molecule has 0 saturated carbocycles. The SMILES string of the molecule is CCOC(=O)C1=C(CN2CC(F)(F)C3CN(S(=O)(=O)CC(C)(C)C(=O)O)CC32)NC(c2nccs2)=NC1c1cccc(F)c1C. The average Bonchev–Trinajstić information content (AvgIpc) is 3.69. The minimum absolute atomic E-state index is 0.0134. The lowest BCUT2D eigenvalue weighted by Gasteiger charge is -2.32. The van der Waals surface area contributed by atoms with Gasteiger partial charge in [0.2, 0.25) is 10.0 Å². The molecule has 2 fully saturated rings. The number of aliphatic carboxylic acids is 1. The summed E-state index contributed by atoms with van der Waals surface area (Å²) >= 11 is 1.26. The Morgan fingerprint density at radius 1 is 1.27 bits per heavy atom.